The Morgan fingerprint density at radius 3 is 2.19 bits per heavy atom. The van der Waals surface area contributed by atoms with Crippen LogP contribution < -0.4 is 4.74 Å². The van der Waals surface area contributed by atoms with Crippen molar-refractivity contribution in [1.82, 2.24) is 4.57 Å². The van der Waals surface area contributed by atoms with Crippen molar-refractivity contribution in [3.63, 3.8) is 0 Å². The first-order valence-corrected chi connectivity index (χ1v) is 10.00. The summed E-state index contributed by atoms with van der Waals surface area (Å²) in [6.45, 7) is 4.08. The van der Waals surface area contributed by atoms with Crippen molar-refractivity contribution in [2.24, 2.45) is 0 Å². The number of ether oxygens (including phenoxy) is 2. The van der Waals surface area contributed by atoms with Gasteiger partial charge in [-0.15, -0.1) is 0 Å². The number of aromatic nitrogens is 1. The third-order valence-electron chi connectivity index (χ3n) is 5.16. The molecule has 1 aromatic heterocycles. The van der Waals surface area contributed by atoms with Gasteiger partial charge in [0.25, 0.3) is 0 Å². The van der Waals surface area contributed by atoms with E-state index in [0.717, 1.165) is 11.4 Å². The van der Waals surface area contributed by atoms with Gasteiger partial charge >= 0.3 is 5.97 Å². The number of Topliss-reactive ketones (excluding diaryl/α,β-unsaturated/α-hetero) is 1. The average molecular weight is 419 g/mol. The lowest BCUT2D eigenvalue weighted by molar-refractivity contribution is -0.140. The lowest BCUT2D eigenvalue weighted by Crippen LogP contribution is -2.14. The molecule has 1 heterocycles. The number of carbonyl (C=O) groups is 3. The first kappa shape index (κ1) is 22.0. The predicted molar refractivity (Wildman–Crippen MR) is 117 cm³/mol. The van der Waals surface area contributed by atoms with Crippen LogP contribution in [0.2, 0.25) is 0 Å². The van der Waals surface area contributed by atoms with Crippen LogP contribution in [0.4, 0.5) is 0 Å². The van der Waals surface area contributed by atoms with Crippen LogP contribution in [0.25, 0.3) is 0 Å². The van der Waals surface area contributed by atoms with Crippen molar-refractivity contribution in [3.8, 4) is 5.75 Å². The number of aryl methyl sites for hydroxylation is 1. The van der Waals surface area contributed by atoms with Crippen molar-refractivity contribution < 1.29 is 23.9 Å². The normalized spacial score (nSPS) is 10.5. The standard InChI is InChI=1S/C25H25NO5/c1-17-15-22(18(2)26(17)14-13-24(28)30-3)23(27)16-31-21-11-9-20(10-12-21)25(29)19-7-5-4-6-8-19/h4-12,15H,13-14,16H2,1-3H3. The molecule has 0 bridgehead atoms. The van der Waals surface area contributed by atoms with Crippen LogP contribution in [0.15, 0.2) is 60.7 Å². The van der Waals surface area contributed by atoms with E-state index >= 15 is 0 Å². The van der Waals surface area contributed by atoms with Crippen LogP contribution in [0, 0.1) is 13.8 Å². The Kier molecular flexibility index (Phi) is 7.03. The first-order valence-electron chi connectivity index (χ1n) is 10.00. The summed E-state index contributed by atoms with van der Waals surface area (Å²) in [5.74, 6) is -0.000148. The van der Waals surface area contributed by atoms with Crippen LogP contribution in [0.5, 0.6) is 5.75 Å². The molecule has 0 atom stereocenters. The van der Waals surface area contributed by atoms with Gasteiger partial charge in [-0.25, -0.2) is 0 Å². The Balaban J connectivity index is 1.62. The molecular formula is C25H25NO5. The van der Waals surface area contributed by atoms with Gasteiger partial charge < -0.3 is 14.0 Å². The molecule has 0 unspecified atom stereocenters. The van der Waals surface area contributed by atoms with Crippen molar-refractivity contribution in [2.45, 2.75) is 26.8 Å². The smallest absolute Gasteiger partial charge is 0.307 e. The van der Waals surface area contributed by atoms with Crippen LogP contribution in [0.1, 0.15) is 44.1 Å². The van der Waals surface area contributed by atoms with Crippen molar-refractivity contribution in [1.29, 1.82) is 0 Å². The molecule has 0 radical (unpaired) electrons. The molecular weight excluding hydrogens is 394 g/mol. The Bertz CT molecular complexity index is 1080. The van der Waals surface area contributed by atoms with Gasteiger partial charge in [0.2, 0.25) is 5.78 Å². The molecule has 2 aromatic carbocycles. The van der Waals surface area contributed by atoms with E-state index in [2.05, 4.69) is 4.74 Å². The maximum Gasteiger partial charge on any atom is 0.307 e. The molecule has 6 heteroatoms. The number of nitrogens with zero attached hydrogens (tertiary/aromatic N) is 1. The van der Waals surface area contributed by atoms with Gasteiger partial charge in [0.05, 0.1) is 13.5 Å². The third kappa shape index (κ3) is 5.28. The van der Waals surface area contributed by atoms with Gasteiger partial charge in [0.1, 0.15) is 5.75 Å². The van der Waals surface area contributed by atoms with Gasteiger partial charge in [-0.1, -0.05) is 30.3 Å². The fourth-order valence-corrected chi connectivity index (χ4v) is 3.42. The molecule has 0 spiro atoms. The number of benzene rings is 2. The van der Waals surface area contributed by atoms with E-state index in [9.17, 15) is 14.4 Å². The van der Waals surface area contributed by atoms with E-state index in [4.69, 9.17) is 4.74 Å². The van der Waals surface area contributed by atoms with Gasteiger partial charge in [0, 0.05) is 34.6 Å². The first-order chi connectivity index (χ1) is 14.9. The summed E-state index contributed by atoms with van der Waals surface area (Å²) in [6, 6.07) is 17.6. The maximum atomic E-state index is 12.7. The molecule has 6 nitrogen and oxygen atoms in total. The molecule has 3 aromatic rings. The van der Waals surface area contributed by atoms with Crippen LogP contribution in [-0.4, -0.2) is 35.8 Å². The molecule has 0 saturated carbocycles. The predicted octanol–water partition coefficient (Wildman–Crippen LogP) is 4.16. The van der Waals surface area contributed by atoms with E-state index in [0.29, 0.717) is 29.0 Å². The van der Waals surface area contributed by atoms with Gasteiger partial charge in [-0.2, -0.15) is 0 Å². The van der Waals surface area contributed by atoms with Crippen LogP contribution in [0.3, 0.4) is 0 Å². The summed E-state index contributed by atoms with van der Waals surface area (Å²) in [7, 11) is 1.36. The zero-order chi connectivity index (χ0) is 22.4. The van der Waals surface area contributed by atoms with Gasteiger partial charge in [0.15, 0.2) is 12.4 Å². The average Bonchev–Trinajstić information content (AvgIpc) is 3.09. The Labute approximate surface area is 181 Å². The van der Waals surface area contributed by atoms with E-state index < -0.39 is 0 Å². The summed E-state index contributed by atoms with van der Waals surface area (Å²) in [6.07, 6.45) is 0.241. The minimum atomic E-state index is -0.294. The molecule has 160 valence electrons. The molecule has 3 rings (SSSR count). The largest absolute Gasteiger partial charge is 0.485 e. The third-order valence-corrected chi connectivity index (χ3v) is 5.16. The van der Waals surface area contributed by atoms with E-state index in [1.807, 2.05) is 36.6 Å². The minimum absolute atomic E-state index is 0.0670. The number of rotatable bonds is 9. The second-order valence-corrected chi connectivity index (χ2v) is 7.19. The van der Waals surface area contributed by atoms with Crippen molar-refractivity contribution in [3.05, 3.63) is 88.7 Å². The van der Waals surface area contributed by atoms with Gasteiger partial charge in [-0.05, 0) is 44.2 Å². The zero-order valence-electron chi connectivity index (χ0n) is 17.9. The zero-order valence-corrected chi connectivity index (χ0v) is 17.9. The topological polar surface area (TPSA) is 74.6 Å². The summed E-state index contributed by atoms with van der Waals surface area (Å²) in [5, 5.41) is 0. The highest BCUT2D eigenvalue weighted by Crippen LogP contribution is 2.19. The van der Waals surface area contributed by atoms with Crippen LogP contribution >= 0.6 is 0 Å². The second-order valence-electron chi connectivity index (χ2n) is 7.19. The molecule has 0 aliphatic rings. The van der Waals surface area contributed by atoms with Crippen LogP contribution in [-0.2, 0) is 16.1 Å². The lowest BCUT2D eigenvalue weighted by Gasteiger charge is -2.09. The second kappa shape index (κ2) is 9.89. The Hall–Kier alpha value is -3.67. The molecule has 0 amide bonds. The maximum absolute atomic E-state index is 12.7. The van der Waals surface area contributed by atoms with Gasteiger partial charge in [-0.3, -0.25) is 14.4 Å². The molecule has 0 aliphatic heterocycles. The quantitative estimate of drug-likeness (QED) is 0.385. The summed E-state index contributed by atoms with van der Waals surface area (Å²) in [4.78, 5) is 36.6. The number of esters is 1. The number of ketones is 2. The molecule has 31 heavy (non-hydrogen) atoms. The van der Waals surface area contributed by atoms with E-state index in [1.165, 1.54) is 7.11 Å². The highest BCUT2D eigenvalue weighted by Gasteiger charge is 2.17. The SMILES string of the molecule is COC(=O)CCn1c(C)cc(C(=O)COc2ccc(C(=O)c3ccccc3)cc2)c1C. The monoisotopic (exact) mass is 419 g/mol. The number of hydrogen-bond acceptors (Lipinski definition) is 5. The summed E-state index contributed by atoms with van der Waals surface area (Å²) < 4.78 is 12.2. The highest BCUT2D eigenvalue weighted by atomic mass is 16.5. The van der Waals surface area contributed by atoms with Crippen molar-refractivity contribution in [2.75, 3.05) is 13.7 Å². The number of methoxy groups -OCH3 is 1. The minimum Gasteiger partial charge on any atom is -0.485 e. The Morgan fingerprint density at radius 2 is 1.55 bits per heavy atom. The van der Waals surface area contributed by atoms with E-state index in [1.54, 1.807) is 42.5 Å². The molecule has 0 saturated heterocycles. The number of hydrogen-bond donors (Lipinski definition) is 0. The fraction of sp³-hybridized carbons (Fsp3) is 0.240. The fourth-order valence-electron chi connectivity index (χ4n) is 3.42. The summed E-state index contributed by atoms with van der Waals surface area (Å²) >= 11 is 0. The number of carbonyl (C=O) groups excluding carboxylic acids is 3. The summed E-state index contributed by atoms with van der Waals surface area (Å²) in [5.41, 5.74) is 3.43. The molecule has 0 fully saturated rings. The lowest BCUT2D eigenvalue weighted by atomic mass is 10.0. The van der Waals surface area contributed by atoms with Crippen molar-refractivity contribution >= 4 is 17.5 Å². The highest BCUT2D eigenvalue weighted by molar-refractivity contribution is 6.09. The van der Waals surface area contributed by atoms with E-state index in [-0.39, 0.29) is 30.6 Å². The Morgan fingerprint density at radius 1 is 0.903 bits per heavy atom. The molecule has 0 N–H and O–H groups in total. The molecule has 0 aliphatic carbocycles.